The fourth-order valence-electron chi connectivity index (χ4n) is 1.60. The second-order valence-electron chi connectivity index (χ2n) is 3.59. The Morgan fingerprint density at radius 1 is 1.69 bits per heavy atom. The maximum Gasteiger partial charge on any atom is 0.143 e. The smallest absolute Gasteiger partial charge is 0.143 e. The Balaban J connectivity index is 1.91. The summed E-state index contributed by atoms with van der Waals surface area (Å²) < 4.78 is 5.54. The molecule has 5 heteroatoms. The lowest BCUT2D eigenvalue weighted by Crippen LogP contribution is -2.42. The molecule has 1 fully saturated rings. The van der Waals surface area contributed by atoms with Gasteiger partial charge in [-0.1, -0.05) is 0 Å². The first kappa shape index (κ1) is 10.9. The number of pyridine rings is 1. The molecule has 2 heterocycles. The molecule has 1 unspecified atom stereocenters. The van der Waals surface area contributed by atoms with Gasteiger partial charge in [0, 0.05) is 25.8 Å². The minimum absolute atomic E-state index is 0.141. The summed E-state index contributed by atoms with van der Waals surface area (Å²) in [6.45, 7) is 3.14. The maximum absolute atomic E-state index is 8.88. The van der Waals surface area contributed by atoms with Gasteiger partial charge < -0.3 is 15.4 Å². The second kappa shape index (κ2) is 5.45. The van der Waals surface area contributed by atoms with Crippen molar-refractivity contribution in [3.05, 3.63) is 23.9 Å². The first-order chi connectivity index (χ1) is 7.90. The SMILES string of the molecule is N#Cc1cccnc1NCC1CNCCO1. The Morgan fingerprint density at radius 3 is 3.38 bits per heavy atom. The molecule has 2 N–H and O–H groups in total. The van der Waals surface area contributed by atoms with Crippen molar-refractivity contribution in [2.45, 2.75) is 6.10 Å². The standard InChI is InChI=1S/C11H14N4O/c12-6-9-2-1-3-14-11(9)15-8-10-7-13-4-5-16-10/h1-3,10,13H,4-5,7-8H2,(H,14,15). The molecule has 1 atom stereocenters. The lowest BCUT2D eigenvalue weighted by atomic mass is 10.2. The molecule has 1 aliphatic heterocycles. The van der Waals surface area contributed by atoms with Crippen molar-refractivity contribution in [2.75, 3.05) is 31.6 Å². The van der Waals surface area contributed by atoms with Crippen LogP contribution >= 0.6 is 0 Å². The molecule has 0 aliphatic carbocycles. The zero-order chi connectivity index (χ0) is 11.2. The van der Waals surface area contributed by atoms with Gasteiger partial charge in [-0.25, -0.2) is 4.98 Å². The van der Waals surface area contributed by atoms with E-state index in [-0.39, 0.29) is 6.10 Å². The van der Waals surface area contributed by atoms with Crippen LogP contribution in [-0.2, 0) is 4.74 Å². The van der Waals surface area contributed by atoms with Crippen molar-refractivity contribution in [1.29, 1.82) is 5.26 Å². The number of morpholine rings is 1. The predicted molar refractivity (Wildman–Crippen MR) is 60.1 cm³/mol. The number of hydrogen-bond donors (Lipinski definition) is 2. The number of anilines is 1. The predicted octanol–water partition coefficient (Wildman–Crippen LogP) is 0.354. The van der Waals surface area contributed by atoms with Gasteiger partial charge in [0.2, 0.25) is 0 Å². The van der Waals surface area contributed by atoms with E-state index >= 15 is 0 Å². The van der Waals surface area contributed by atoms with E-state index < -0.39 is 0 Å². The van der Waals surface area contributed by atoms with Crippen LogP contribution in [0.5, 0.6) is 0 Å². The molecular formula is C11H14N4O. The Labute approximate surface area is 94.4 Å². The summed E-state index contributed by atoms with van der Waals surface area (Å²) in [7, 11) is 0. The summed E-state index contributed by atoms with van der Waals surface area (Å²) in [6, 6.07) is 5.60. The average Bonchev–Trinajstić information content (AvgIpc) is 2.38. The van der Waals surface area contributed by atoms with Crippen LogP contribution in [0.2, 0.25) is 0 Å². The summed E-state index contributed by atoms with van der Waals surface area (Å²) in [4.78, 5) is 4.12. The summed E-state index contributed by atoms with van der Waals surface area (Å²) >= 11 is 0. The molecule has 1 aromatic rings. The third-order valence-electron chi connectivity index (χ3n) is 2.43. The highest BCUT2D eigenvalue weighted by molar-refractivity contribution is 5.51. The minimum Gasteiger partial charge on any atom is -0.374 e. The van der Waals surface area contributed by atoms with Crippen LogP contribution in [-0.4, -0.2) is 37.3 Å². The van der Waals surface area contributed by atoms with Gasteiger partial charge >= 0.3 is 0 Å². The van der Waals surface area contributed by atoms with E-state index in [4.69, 9.17) is 10.00 Å². The molecular weight excluding hydrogens is 204 g/mol. The van der Waals surface area contributed by atoms with E-state index in [2.05, 4.69) is 21.7 Å². The van der Waals surface area contributed by atoms with E-state index in [0.717, 1.165) is 19.7 Å². The van der Waals surface area contributed by atoms with Crippen molar-refractivity contribution in [1.82, 2.24) is 10.3 Å². The maximum atomic E-state index is 8.88. The average molecular weight is 218 g/mol. The Bertz CT molecular complexity index is 382. The summed E-state index contributed by atoms with van der Waals surface area (Å²) in [5.74, 6) is 0.624. The number of nitriles is 1. The quantitative estimate of drug-likeness (QED) is 0.766. The normalized spacial score (nSPS) is 20.1. The van der Waals surface area contributed by atoms with Crippen LogP contribution in [0.1, 0.15) is 5.56 Å². The molecule has 0 radical (unpaired) electrons. The Hall–Kier alpha value is -1.64. The first-order valence-corrected chi connectivity index (χ1v) is 5.31. The number of nitrogens with one attached hydrogen (secondary N) is 2. The van der Waals surface area contributed by atoms with E-state index in [9.17, 15) is 0 Å². The summed E-state index contributed by atoms with van der Waals surface area (Å²) in [5.41, 5.74) is 0.561. The molecule has 0 bridgehead atoms. The Morgan fingerprint density at radius 2 is 2.62 bits per heavy atom. The fraction of sp³-hybridized carbons (Fsp3) is 0.455. The molecule has 1 saturated heterocycles. The molecule has 84 valence electrons. The van der Waals surface area contributed by atoms with Crippen molar-refractivity contribution >= 4 is 5.82 Å². The van der Waals surface area contributed by atoms with Gasteiger partial charge in [0.25, 0.3) is 0 Å². The lowest BCUT2D eigenvalue weighted by molar-refractivity contribution is 0.0372. The first-order valence-electron chi connectivity index (χ1n) is 5.31. The topological polar surface area (TPSA) is 70.0 Å². The highest BCUT2D eigenvalue weighted by atomic mass is 16.5. The number of hydrogen-bond acceptors (Lipinski definition) is 5. The van der Waals surface area contributed by atoms with Crippen LogP contribution in [0.3, 0.4) is 0 Å². The second-order valence-corrected chi connectivity index (χ2v) is 3.59. The van der Waals surface area contributed by atoms with Gasteiger partial charge in [-0.15, -0.1) is 0 Å². The largest absolute Gasteiger partial charge is 0.374 e. The van der Waals surface area contributed by atoms with Gasteiger partial charge in [0.1, 0.15) is 11.9 Å². The highest BCUT2D eigenvalue weighted by Crippen LogP contribution is 2.09. The molecule has 0 spiro atoms. The van der Waals surface area contributed by atoms with Crippen molar-refractivity contribution < 1.29 is 4.74 Å². The Kier molecular flexibility index (Phi) is 3.70. The molecule has 16 heavy (non-hydrogen) atoms. The van der Waals surface area contributed by atoms with Crippen LogP contribution < -0.4 is 10.6 Å². The molecule has 0 saturated carbocycles. The van der Waals surface area contributed by atoms with Crippen LogP contribution in [0.4, 0.5) is 5.82 Å². The molecule has 0 aromatic carbocycles. The monoisotopic (exact) mass is 218 g/mol. The van der Waals surface area contributed by atoms with Gasteiger partial charge in [-0.05, 0) is 12.1 Å². The highest BCUT2D eigenvalue weighted by Gasteiger charge is 2.13. The molecule has 0 amide bonds. The summed E-state index contributed by atoms with van der Waals surface area (Å²) in [6.07, 6.45) is 1.81. The molecule has 1 aromatic heterocycles. The molecule has 5 nitrogen and oxygen atoms in total. The fourth-order valence-corrected chi connectivity index (χ4v) is 1.60. The van der Waals surface area contributed by atoms with Gasteiger partial charge in [-0.3, -0.25) is 0 Å². The van der Waals surface area contributed by atoms with E-state index in [0.29, 0.717) is 17.9 Å². The van der Waals surface area contributed by atoms with Crippen LogP contribution in [0, 0.1) is 11.3 Å². The number of rotatable bonds is 3. The zero-order valence-corrected chi connectivity index (χ0v) is 8.94. The van der Waals surface area contributed by atoms with Crippen LogP contribution in [0.25, 0.3) is 0 Å². The van der Waals surface area contributed by atoms with E-state index in [1.54, 1.807) is 18.3 Å². The summed E-state index contributed by atoms with van der Waals surface area (Å²) in [5, 5.41) is 15.3. The number of nitrogens with zero attached hydrogens (tertiary/aromatic N) is 2. The molecule has 1 aliphatic rings. The lowest BCUT2D eigenvalue weighted by Gasteiger charge is -2.24. The number of ether oxygens (including phenoxy) is 1. The van der Waals surface area contributed by atoms with E-state index in [1.807, 2.05) is 0 Å². The van der Waals surface area contributed by atoms with Gasteiger partial charge in [0.05, 0.1) is 18.3 Å². The van der Waals surface area contributed by atoms with Gasteiger partial charge in [-0.2, -0.15) is 5.26 Å². The van der Waals surface area contributed by atoms with E-state index in [1.165, 1.54) is 0 Å². The third-order valence-corrected chi connectivity index (χ3v) is 2.43. The number of aromatic nitrogens is 1. The zero-order valence-electron chi connectivity index (χ0n) is 8.94. The van der Waals surface area contributed by atoms with Gasteiger partial charge in [0.15, 0.2) is 0 Å². The molecule has 2 rings (SSSR count). The van der Waals surface area contributed by atoms with Crippen LogP contribution in [0.15, 0.2) is 18.3 Å². The van der Waals surface area contributed by atoms with Crippen molar-refractivity contribution in [2.24, 2.45) is 0 Å². The third kappa shape index (κ3) is 2.69. The van der Waals surface area contributed by atoms with Crippen molar-refractivity contribution in [3.63, 3.8) is 0 Å². The van der Waals surface area contributed by atoms with Crippen molar-refractivity contribution in [3.8, 4) is 6.07 Å². The minimum atomic E-state index is 0.141.